The highest BCUT2D eigenvalue weighted by atomic mass is 16.4. The molecule has 80 valence electrons. The number of rotatable bonds is 5. The van der Waals surface area contributed by atoms with Crippen molar-refractivity contribution in [3.63, 3.8) is 0 Å². The van der Waals surface area contributed by atoms with Gasteiger partial charge in [0, 0.05) is 6.04 Å². The molecule has 1 heterocycles. The van der Waals surface area contributed by atoms with Crippen molar-refractivity contribution in [1.82, 2.24) is 5.32 Å². The molecule has 1 atom stereocenters. The molecule has 1 aromatic heterocycles. The van der Waals surface area contributed by atoms with Crippen LogP contribution in [0.4, 0.5) is 0 Å². The lowest BCUT2D eigenvalue weighted by Crippen LogP contribution is -2.30. The van der Waals surface area contributed by atoms with Gasteiger partial charge in [-0.1, -0.05) is 13.8 Å². The molecule has 3 heteroatoms. The molecule has 0 aromatic carbocycles. The number of nitrogens with one attached hydrogen (secondary N) is 1. The van der Waals surface area contributed by atoms with Gasteiger partial charge in [0.15, 0.2) is 0 Å². The fraction of sp³-hybridized carbons (Fsp3) is 0.636. The van der Waals surface area contributed by atoms with E-state index in [0.717, 1.165) is 6.54 Å². The van der Waals surface area contributed by atoms with Crippen LogP contribution in [0.15, 0.2) is 22.8 Å². The van der Waals surface area contributed by atoms with E-state index in [2.05, 4.69) is 19.2 Å². The van der Waals surface area contributed by atoms with Crippen LogP contribution in [-0.2, 0) is 5.60 Å². The van der Waals surface area contributed by atoms with Gasteiger partial charge in [-0.3, -0.25) is 0 Å². The van der Waals surface area contributed by atoms with Crippen molar-refractivity contribution in [3.8, 4) is 0 Å². The molecule has 0 amide bonds. The Labute approximate surface area is 85.1 Å². The van der Waals surface area contributed by atoms with E-state index in [-0.39, 0.29) is 0 Å². The normalized spacial score (nSPS) is 15.8. The first-order valence-electron chi connectivity index (χ1n) is 5.02. The van der Waals surface area contributed by atoms with Gasteiger partial charge in [-0.05, 0) is 32.0 Å². The van der Waals surface area contributed by atoms with Crippen LogP contribution in [0.1, 0.15) is 33.0 Å². The van der Waals surface area contributed by atoms with Gasteiger partial charge in [0.05, 0.1) is 6.26 Å². The Morgan fingerprint density at radius 3 is 2.79 bits per heavy atom. The van der Waals surface area contributed by atoms with E-state index < -0.39 is 5.60 Å². The summed E-state index contributed by atoms with van der Waals surface area (Å²) in [5.74, 6) is 0.628. The molecule has 0 aliphatic carbocycles. The summed E-state index contributed by atoms with van der Waals surface area (Å²) in [5.41, 5.74) is -0.870. The van der Waals surface area contributed by atoms with Crippen molar-refractivity contribution in [2.75, 3.05) is 6.54 Å². The Kier molecular flexibility index (Phi) is 3.72. The van der Waals surface area contributed by atoms with Gasteiger partial charge in [-0.15, -0.1) is 0 Å². The van der Waals surface area contributed by atoms with Crippen LogP contribution < -0.4 is 5.32 Å². The van der Waals surface area contributed by atoms with Crippen molar-refractivity contribution < 1.29 is 9.52 Å². The minimum absolute atomic E-state index is 0.447. The van der Waals surface area contributed by atoms with Crippen molar-refractivity contribution in [3.05, 3.63) is 24.2 Å². The topological polar surface area (TPSA) is 45.4 Å². The molecule has 0 saturated carbocycles. The van der Waals surface area contributed by atoms with E-state index in [4.69, 9.17) is 4.42 Å². The molecule has 0 saturated heterocycles. The fourth-order valence-electron chi connectivity index (χ4n) is 1.31. The van der Waals surface area contributed by atoms with Crippen molar-refractivity contribution >= 4 is 0 Å². The van der Waals surface area contributed by atoms with Crippen LogP contribution in [-0.4, -0.2) is 17.7 Å². The number of furan rings is 1. The third-order valence-electron chi connectivity index (χ3n) is 2.22. The van der Waals surface area contributed by atoms with E-state index in [9.17, 15) is 5.11 Å². The highest BCUT2D eigenvalue weighted by Crippen LogP contribution is 2.23. The second-order valence-electron chi connectivity index (χ2n) is 4.11. The Morgan fingerprint density at radius 1 is 1.57 bits per heavy atom. The maximum Gasteiger partial charge on any atom is 0.135 e. The molecule has 0 bridgehead atoms. The SMILES string of the molecule is CC(C)NCCC(C)(O)c1ccco1. The second-order valence-corrected chi connectivity index (χ2v) is 4.11. The van der Waals surface area contributed by atoms with Crippen molar-refractivity contribution in [2.24, 2.45) is 0 Å². The van der Waals surface area contributed by atoms with Crippen LogP contribution in [0, 0.1) is 0 Å². The molecule has 0 aliphatic heterocycles. The highest BCUT2D eigenvalue weighted by molar-refractivity contribution is 5.07. The summed E-state index contributed by atoms with van der Waals surface area (Å²) in [7, 11) is 0. The minimum Gasteiger partial charge on any atom is -0.466 e. The molecule has 2 N–H and O–H groups in total. The Morgan fingerprint density at radius 2 is 2.29 bits per heavy atom. The van der Waals surface area contributed by atoms with Crippen LogP contribution in [0.25, 0.3) is 0 Å². The summed E-state index contributed by atoms with van der Waals surface area (Å²) < 4.78 is 5.18. The zero-order valence-electron chi connectivity index (χ0n) is 9.08. The molecule has 0 spiro atoms. The molecule has 1 rings (SSSR count). The lowest BCUT2D eigenvalue weighted by atomic mass is 9.99. The molecule has 0 radical (unpaired) electrons. The van der Waals surface area contributed by atoms with E-state index in [1.54, 1.807) is 25.3 Å². The molecule has 0 fully saturated rings. The van der Waals surface area contributed by atoms with E-state index >= 15 is 0 Å². The zero-order valence-corrected chi connectivity index (χ0v) is 9.08. The van der Waals surface area contributed by atoms with Gasteiger partial charge in [-0.2, -0.15) is 0 Å². The van der Waals surface area contributed by atoms with E-state index in [1.165, 1.54) is 0 Å². The van der Waals surface area contributed by atoms with Crippen molar-refractivity contribution in [1.29, 1.82) is 0 Å². The summed E-state index contributed by atoms with van der Waals surface area (Å²) in [6.07, 6.45) is 2.23. The zero-order chi connectivity index (χ0) is 10.6. The number of aliphatic hydroxyl groups is 1. The average molecular weight is 197 g/mol. The van der Waals surface area contributed by atoms with Gasteiger partial charge < -0.3 is 14.8 Å². The number of hydrogen-bond acceptors (Lipinski definition) is 3. The summed E-state index contributed by atoms with van der Waals surface area (Å²) >= 11 is 0. The monoisotopic (exact) mass is 197 g/mol. The molecule has 0 aliphatic rings. The smallest absolute Gasteiger partial charge is 0.135 e. The van der Waals surface area contributed by atoms with Gasteiger partial charge in [0.1, 0.15) is 11.4 Å². The van der Waals surface area contributed by atoms with Crippen LogP contribution >= 0.6 is 0 Å². The maximum absolute atomic E-state index is 10.1. The van der Waals surface area contributed by atoms with Gasteiger partial charge >= 0.3 is 0 Å². The quantitative estimate of drug-likeness (QED) is 0.757. The van der Waals surface area contributed by atoms with E-state index in [0.29, 0.717) is 18.2 Å². The molecule has 1 aromatic rings. The Balaban J connectivity index is 2.42. The lowest BCUT2D eigenvalue weighted by Gasteiger charge is -2.21. The third-order valence-corrected chi connectivity index (χ3v) is 2.22. The summed E-state index contributed by atoms with van der Waals surface area (Å²) in [5, 5.41) is 13.3. The largest absolute Gasteiger partial charge is 0.466 e. The van der Waals surface area contributed by atoms with Gasteiger partial charge in [0.25, 0.3) is 0 Å². The summed E-state index contributed by atoms with van der Waals surface area (Å²) in [6.45, 7) is 6.72. The standard InChI is InChI=1S/C11H19NO2/c1-9(2)12-7-6-11(3,13)10-5-4-8-14-10/h4-5,8-9,12-13H,6-7H2,1-3H3. The lowest BCUT2D eigenvalue weighted by molar-refractivity contribution is 0.0252. The van der Waals surface area contributed by atoms with Gasteiger partial charge in [0.2, 0.25) is 0 Å². The molecular weight excluding hydrogens is 178 g/mol. The van der Waals surface area contributed by atoms with Gasteiger partial charge in [-0.25, -0.2) is 0 Å². The van der Waals surface area contributed by atoms with Crippen LogP contribution in [0.3, 0.4) is 0 Å². The number of hydrogen-bond donors (Lipinski definition) is 2. The Hall–Kier alpha value is -0.800. The highest BCUT2D eigenvalue weighted by Gasteiger charge is 2.25. The van der Waals surface area contributed by atoms with Crippen molar-refractivity contribution in [2.45, 2.75) is 38.8 Å². The summed E-state index contributed by atoms with van der Waals surface area (Å²) in [4.78, 5) is 0. The second kappa shape index (κ2) is 4.62. The first-order chi connectivity index (χ1) is 6.52. The molecule has 1 unspecified atom stereocenters. The Bertz CT molecular complexity index is 252. The summed E-state index contributed by atoms with van der Waals surface area (Å²) in [6, 6.07) is 4.04. The first kappa shape index (κ1) is 11.3. The minimum atomic E-state index is -0.870. The molecule has 14 heavy (non-hydrogen) atoms. The maximum atomic E-state index is 10.1. The predicted octanol–water partition coefficient (Wildman–Crippen LogP) is 1.88. The molecule has 3 nitrogen and oxygen atoms in total. The predicted molar refractivity (Wildman–Crippen MR) is 56.0 cm³/mol. The molecular formula is C11H19NO2. The van der Waals surface area contributed by atoms with E-state index in [1.807, 2.05) is 0 Å². The fourth-order valence-corrected chi connectivity index (χ4v) is 1.31. The average Bonchev–Trinajstić information content (AvgIpc) is 2.54. The third kappa shape index (κ3) is 3.16. The van der Waals surface area contributed by atoms with Crippen LogP contribution in [0.2, 0.25) is 0 Å². The first-order valence-corrected chi connectivity index (χ1v) is 5.02. The van der Waals surface area contributed by atoms with Crippen LogP contribution in [0.5, 0.6) is 0 Å².